The predicted molar refractivity (Wildman–Crippen MR) is 59.8 cm³/mol. The van der Waals surface area contributed by atoms with Crippen LogP contribution in [0, 0.1) is 0 Å². The smallest absolute Gasteiger partial charge is 0.0499 e. The second kappa shape index (κ2) is 6.44. The minimum atomic E-state index is 0.791. The van der Waals surface area contributed by atoms with E-state index in [-0.39, 0.29) is 0 Å². The van der Waals surface area contributed by atoms with Gasteiger partial charge in [0, 0.05) is 19.4 Å². The van der Waals surface area contributed by atoms with Crippen molar-refractivity contribution in [1.82, 2.24) is 5.32 Å². The number of hydrogen-bond acceptors (Lipinski definition) is 2. The molecule has 0 aromatic rings. The highest BCUT2D eigenvalue weighted by atomic mass is 16.5. The van der Waals surface area contributed by atoms with Crippen LogP contribution in [0.25, 0.3) is 0 Å². The fourth-order valence-electron chi connectivity index (χ4n) is 1.26. The minimum Gasteiger partial charge on any atom is -0.384 e. The standard InChI is InChI=1S/C12H19NO/c1-11(8-9-14-2)10-13-12-6-4-3-5-7-12/h4,6-7,10,13H,3,5,8-9H2,1-2H3/b11-10+. The molecule has 2 nitrogen and oxygen atoms in total. The van der Waals surface area contributed by atoms with Gasteiger partial charge in [0.15, 0.2) is 0 Å². The number of methoxy groups -OCH3 is 1. The molecular weight excluding hydrogens is 174 g/mol. The van der Waals surface area contributed by atoms with Crippen molar-refractivity contribution in [2.45, 2.75) is 26.2 Å². The molecule has 78 valence electrons. The van der Waals surface area contributed by atoms with Crippen LogP contribution >= 0.6 is 0 Å². The van der Waals surface area contributed by atoms with Gasteiger partial charge in [-0.15, -0.1) is 0 Å². The maximum Gasteiger partial charge on any atom is 0.0499 e. The van der Waals surface area contributed by atoms with E-state index in [4.69, 9.17) is 4.74 Å². The average molecular weight is 193 g/mol. The highest BCUT2D eigenvalue weighted by molar-refractivity contribution is 5.22. The molecular formula is C12H19NO. The number of ether oxygens (including phenoxy) is 1. The Morgan fingerprint density at radius 1 is 1.57 bits per heavy atom. The molecule has 1 aliphatic carbocycles. The quantitative estimate of drug-likeness (QED) is 0.725. The van der Waals surface area contributed by atoms with Gasteiger partial charge >= 0.3 is 0 Å². The monoisotopic (exact) mass is 193 g/mol. The van der Waals surface area contributed by atoms with Crippen molar-refractivity contribution in [3.8, 4) is 0 Å². The molecule has 0 saturated heterocycles. The molecule has 0 atom stereocenters. The molecule has 0 aromatic carbocycles. The van der Waals surface area contributed by atoms with Gasteiger partial charge in [-0.2, -0.15) is 0 Å². The molecule has 14 heavy (non-hydrogen) atoms. The van der Waals surface area contributed by atoms with E-state index in [0.717, 1.165) is 25.9 Å². The molecule has 0 heterocycles. The van der Waals surface area contributed by atoms with Gasteiger partial charge in [0.25, 0.3) is 0 Å². The Hall–Kier alpha value is -1.02. The first-order valence-electron chi connectivity index (χ1n) is 5.11. The number of allylic oxidation sites excluding steroid dienone is 3. The van der Waals surface area contributed by atoms with Crippen molar-refractivity contribution in [2.24, 2.45) is 0 Å². The summed E-state index contributed by atoms with van der Waals surface area (Å²) in [5, 5.41) is 3.29. The summed E-state index contributed by atoms with van der Waals surface area (Å²) < 4.78 is 5.01. The summed E-state index contributed by atoms with van der Waals surface area (Å²) in [5.74, 6) is 0. The van der Waals surface area contributed by atoms with Gasteiger partial charge in [-0.3, -0.25) is 0 Å². The molecule has 0 radical (unpaired) electrons. The second-order valence-electron chi connectivity index (χ2n) is 3.52. The van der Waals surface area contributed by atoms with E-state index >= 15 is 0 Å². The molecule has 0 fully saturated rings. The van der Waals surface area contributed by atoms with E-state index in [1.54, 1.807) is 7.11 Å². The lowest BCUT2D eigenvalue weighted by atomic mass is 10.1. The van der Waals surface area contributed by atoms with Crippen LogP contribution in [-0.4, -0.2) is 13.7 Å². The van der Waals surface area contributed by atoms with Crippen LogP contribution in [-0.2, 0) is 4.74 Å². The van der Waals surface area contributed by atoms with Crippen LogP contribution < -0.4 is 5.32 Å². The number of hydrogen-bond donors (Lipinski definition) is 1. The van der Waals surface area contributed by atoms with E-state index in [0.29, 0.717) is 0 Å². The normalized spacial score (nSPS) is 16.7. The summed E-state index contributed by atoms with van der Waals surface area (Å²) >= 11 is 0. The zero-order chi connectivity index (χ0) is 10.2. The number of nitrogens with one attached hydrogen (secondary N) is 1. The maximum absolute atomic E-state index is 5.01. The van der Waals surface area contributed by atoms with E-state index in [1.807, 2.05) is 0 Å². The van der Waals surface area contributed by atoms with Gasteiger partial charge < -0.3 is 10.1 Å². The maximum atomic E-state index is 5.01. The van der Waals surface area contributed by atoms with Gasteiger partial charge in [-0.1, -0.05) is 17.7 Å². The van der Waals surface area contributed by atoms with Crippen molar-refractivity contribution < 1.29 is 4.74 Å². The molecule has 0 aromatic heterocycles. The van der Waals surface area contributed by atoms with Crippen molar-refractivity contribution >= 4 is 0 Å². The van der Waals surface area contributed by atoms with Gasteiger partial charge in [0.2, 0.25) is 0 Å². The van der Waals surface area contributed by atoms with Crippen molar-refractivity contribution in [1.29, 1.82) is 0 Å². The third-order valence-electron chi connectivity index (χ3n) is 2.18. The third-order valence-corrected chi connectivity index (χ3v) is 2.18. The third kappa shape index (κ3) is 4.28. The molecule has 0 amide bonds. The molecule has 2 heteroatoms. The largest absolute Gasteiger partial charge is 0.384 e. The van der Waals surface area contributed by atoms with Crippen LogP contribution in [0.5, 0.6) is 0 Å². The first-order chi connectivity index (χ1) is 6.83. The summed E-state index contributed by atoms with van der Waals surface area (Å²) in [6.45, 7) is 2.90. The second-order valence-corrected chi connectivity index (χ2v) is 3.52. The lowest BCUT2D eigenvalue weighted by molar-refractivity contribution is 0.202. The fourth-order valence-corrected chi connectivity index (χ4v) is 1.26. The Balaban J connectivity index is 2.30. The highest BCUT2D eigenvalue weighted by Crippen LogP contribution is 2.07. The summed E-state index contributed by atoms with van der Waals surface area (Å²) in [7, 11) is 1.73. The van der Waals surface area contributed by atoms with E-state index < -0.39 is 0 Å². The highest BCUT2D eigenvalue weighted by Gasteiger charge is 1.94. The van der Waals surface area contributed by atoms with Gasteiger partial charge in [0.05, 0.1) is 0 Å². The Morgan fingerprint density at radius 3 is 3.07 bits per heavy atom. The number of rotatable bonds is 5. The Morgan fingerprint density at radius 2 is 2.43 bits per heavy atom. The molecule has 0 aliphatic heterocycles. The SMILES string of the molecule is COCC/C(C)=C/NC1=CCCC=C1. The molecule has 0 spiro atoms. The van der Waals surface area contributed by atoms with Crippen molar-refractivity contribution in [3.63, 3.8) is 0 Å². The van der Waals surface area contributed by atoms with Crippen LogP contribution in [0.3, 0.4) is 0 Å². The summed E-state index contributed by atoms with van der Waals surface area (Å²) in [6, 6.07) is 0. The van der Waals surface area contributed by atoms with Crippen LogP contribution in [0.2, 0.25) is 0 Å². The summed E-state index contributed by atoms with van der Waals surface area (Å²) in [5.41, 5.74) is 2.51. The lowest BCUT2D eigenvalue weighted by Crippen LogP contribution is -2.05. The predicted octanol–water partition coefficient (Wildman–Crippen LogP) is 2.75. The topological polar surface area (TPSA) is 21.3 Å². The van der Waals surface area contributed by atoms with Crippen molar-refractivity contribution in [3.05, 3.63) is 35.7 Å². The van der Waals surface area contributed by atoms with E-state index in [9.17, 15) is 0 Å². The van der Waals surface area contributed by atoms with E-state index in [2.05, 4.69) is 36.7 Å². The Labute approximate surface area is 86.3 Å². The Bertz CT molecular complexity index is 251. The molecule has 0 saturated carbocycles. The summed E-state index contributed by atoms with van der Waals surface area (Å²) in [4.78, 5) is 0. The van der Waals surface area contributed by atoms with Gasteiger partial charge in [0.1, 0.15) is 0 Å². The average Bonchev–Trinajstić information content (AvgIpc) is 2.25. The van der Waals surface area contributed by atoms with Crippen molar-refractivity contribution in [2.75, 3.05) is 13.7 Å². The molecule has 0 unspecified atom stereocenters. The zero-order valence-electron chi connectivity index (χ0n) is 9.05. The van der Waals surface area contributed by atoms with Crippen LogP contribution in [0.15, 0.2) is 35.7 Å². The first-order valence-corrected chi connectivity index (χ1v) is 5.11. The van der Waals surface area contributed by atoms with E-state index in [1.165, 1.54) is 11.3 Å². The van der Waals surface area contributed by atoms with Crippen LogP contribution in [0.1, 0.15) is 26.2 Å². The minimum absolute atomic E-state index is 0.791. The van der Waals surface area contributed by atoms with Gasteiger partial charge in [-0.25, -0.2) is 0 Å². The summed E-state index contributed by atoms with van der Waals surface area (Å²) in [6.07, 6.45) is 11.9. The molecule has 1 rings (SSSR count). The first kappa shape index (κ1) is 11.1. The molecule has 1 aliphatic rings. The van der Waals surface area contributed by atoms with Gasteiger partial charge in [-0.05, 0) is 38.5 Å². The molecule has 0 bridgehead atoms. The zero-order valence-corrected chi connectivity index (χ0v) is 9.05. The van der Waals surface area contributed by atoms with Crippen LogP contribution in [0.4, 0.5) is 0 Å². The Kier molecular flexibility index (Phi) is 5.08. The lowest BCUT2D eigenvalue weighted by Gasteiger charge is -2.07. The molecule has 1 N–H and O–H groups in total. The fraction of sp³-hybridized carbons (Fsp3) is 0.500.